The predicted molar refractivity (Wildman–Crippen MR) is 104 cm³/mol. The summed E-state index contributed by atoms with van der Waals surface area (Å²) in [5, 5.41) is 0. The van der Waals surface area contributed by atoms with Crippen molar-refractivity contribution in [3.05, 3.63) is 47.9 Å². The number of nitrogens with zero attached hydrogens (tertiary/aromatic N) is 2. The molecule has 1 unspecified atom stereocenters. The van der Waals surface area contributed by atoms with Gasteiger partial charge < -0.3 is 0 Å². The molecule has 3 heteroatoms. The number of rotatable bonds is 10. The molecular weight excluding hydrogens is 308 g/mol. The third kappa shape index (κ3) is 6.08. The second kappa shape index (κ2) is 10.1. The standard InChI is InChI=1S/C22H30N2O/c1-4-6-7-8-9-20-15-24-21(16-23-20)18-10-12-19(13-11-18)22(25)14-17(3)5-2/h10-13,15-17H,4-9,14H2,1-3H3. The van der Waals surface area contributed by atoms with Crippen LogP contribution in [0.3, 0.4) is 0 Å². The Kier molecular flexibility index (Phi) is 7.77. The minimum atomic E-state index is 0.217. The summed E-state index contributed by atoms with van der Waals surface area (Å²) in [6.45, 7) is 6.46. The van der Waals surface area contributed by atoms with Gasteiger partial charge >= 0.3 is 0 Å². The van der Waals surface area contributed by atoms with E-state index in [1.54, 1.807) is 0 Å². The Hall–Kier alpha value is -2.03. The third-order valence-electron chi connectivity index (χ3n) is 4.73. The lowest BCUT2D eigenvalue weighted by Crippen LogP contribution is -2.05. The Balaban J connectivity index is 1.96. The van der Waals surface area contributed by atoms with Crippen LogP contribution in [0.15, 0.2) is 36.7 Å². The topological polar surface area (TPSA) is 42.9 Å². The first kappa shape index (κ1) is 19.3. The van der Waals surface area contributed by atoms with Crippen LogP contribution in [0.1, 0.15) is 75.3 Å². The number of unbranched alkanes of at least 4 members (excludes halogenated alkanes) is 3. The zero-order chi connectivity index (χ0) is 18.1. The fraction of sp³-hybridized carbons (Fsp3) is 0.500. The Morgan fingerprint density at radius 2 is 1.76 bits per heavy atom. The second-order valence-corrected chi connectivity index (χ2v) is 6.92. The van der Waals surface area contributed by atoms with Gasteiger partial charge in [-0.1, -0.05) is 70.7 Å². The summed E-state index contributed by atoms with van der Waals surface area (Å²) in [6.07, 6.45) is 11.3. The number of hydrogen-bond donors (Lipinski definition) is 0. The van der Waals surface area contributed by atoms with Crippen LogP contribution in [-0.4, -0.2) is 15.8 Å². The Morgan fingerprint density at radius 3 is 2.36 bits per heavy atom. The zero-order valence-electron chi connectivity index (χ0n) is 15.8. The van der Waals surface area contributed by atoms with Gasteiger partial charge in [-0.05, 0) is 18.8 Å². The average molecular weight is 338 g/mol. The first-order valence-electron chi connectivity index (χ1n) is 9.58. The van der Waals surface area contributed by atoms with Gasteiger partial charge in [0, 0.05) is 23.7 Å². The minimum Gasteiger partial charge on any atom is -0.294 e. The summed E-state index contributed by atoms with van der Waals surface area (Å²) in [7, 11) is 0. The molecule has 0 N–H and O–H groups in total. The molecule has 0 radical (unpaired) electrons. The van der Waals surface area contributed by atoms with E-state index < -0.39 is 0 Å². The molecule has 0 fully saturated rings. The van der Waals surface area contributed by atoms with Crippen molar-refractivity contribution in [2.24, 2.45) is 5.92 Å². The lowest BCUT2D eigenvalue weighted by molar-refractivity contribution is 0.0963. The van der Waals surface area contributed by atoms with E-state index in [-0.39, 0.29) is 5.78 Å². The van der Waals surface area contributed by atoms with E-state index in [4.69, 9.17) is 0 Å². The van der Waals surface area contributed by atoms with E-state index in [0.717, 1.165) is 35.4 Å². The van der Waals surface area contributed by atoms with E-state index >= 15 is 0 Å². The summed E-state index contributed by atoms with van der Waals surface area (Å²) >= 11 is 0. The highest BCUT2D eigenvalue weighted by Gasteiger charge is 2.10. The van der Waals surface area contributed by atoms with E-state index in [2.05, 4.69) is 30.7 Å². The lowest BCUT2D eigenvalue weighted by Gasteiger charge is -2.08. The monoisotopic (exact) mass is 338 g/mol. The number of carbonyl (C=O) groups is 1. The van der Waals surface area contributed by atoms with Crippen LogP contribution in [-0.2, 0) is 6.42 Å². The largest absolute Gasteiger partial charge is 0.294 e. The minimum absolute atomic E-state index is 0.217. The van der Waals surface area contributed by atoms with Crippen molar-refractivity contribution in [3.8, 4) is 11.3 Å². The van der Waals surface area contributed by atoms with Crippen LogP contribution in [0.2, 0.25) is 0 Å². The van der Waals surface area contributed by atoms with E-state index in [0.29, 0.717) is 12.3 Å². The molecular formula is C22H30N2O. The maximum absolute atomic E-state index is 12.2. The fourth-order valence-electron chi connectivity index (χ4n) is 2.77. The SMILES string of the molecule is CCCCCCc1cnc(-c2ccc(C(=O)CC(C)CC)cc2)cn1. The first-order chi connectivity index (χ1) is 12.1. The Labute approximate surface area is 151 Å². The molecule has 1 atom stereocenters. The molecule has 1 heterocycles. The van der Waals surface area contributed by atoms with Crippen molar-refractivity contribution in [3.63, 3.8) is 0 Å². The zero-order valence-corrected chi connectivity index (χ0v) is 15.8. The van der Waals surface area contributed by atoms with E-state index in [1.165, 1.54) is 25.7 Å². The van der Waals surface area contributed by atoms with Crippen LogP contribution >= 0.6 is 0 Å². The number of carbonyl (C=O) groups excluding carboxylic acids is 1. The molecule has 1 aromatic heterocycles. The highest BCUT2D eigenvalue weighted by molar-refractivity contribution is 5.96. The summed E-state index contributed by atoms with van der Waals surface area (Å²) in [4.78, 5) is 21.3. The quantitative estimate of drug-likeness (QED) is 0.401. The molecule has 0 spiro atoms. The summed E-state index contributed by atoms with van der Waals surface area (Å²) < 4.78 is 0. The number of hydrogen-bond acceptors (Lipinski definition) is 3. The van der Waals surface area contributed by atoms with Crippen molar-refractivity contribution >= 4 is 5.78 Å². The van der Waals surface area contributed by atoms with Gasteiger partial charge in [0.25, 0.3) is 0 Å². The average Bonchev–Trinajstić information content (AvgIpc) is 2.65. The molecule has 2 aromatic rings. The van der Waals surface area contributed by atoms with Crippen LogP contribution in [0.25, 0.3) is 11.3 Å². The molecule has 2 rings (SSSR count). The highest BCUT2D eigenvalue weighted by atomic mass is 16.1. The van der Waals surface area contributed by atoms with Crippen molar-refractivity contribution in [2.45, 2.75) is 65.7 Å². The molecule has 134 valence electrons. The van der Waals surface area contributed by atoms with Crippen LogP contribution in [0.4, 0.5) is 0 Å². The van der Waals surface area contributed by atoms with Crippen molar-refractivity contribution in [1.29, 1.82) is 0 Å². The molecule has 1 aromatic carbocycles. The van der Waals surface area contributed by atoms with Gasteiger partial charge in [0.2, 0.25) is 0 Å². The van der Waals surface area contributed by atoms with Gasteiger partial charge in [-0.15, -0.1) is 0 Å². The maximum Gasteiger partial charge on any atom is 0.163 e. The second-order valence-electron chi connectivity index (χ2n) is 6.92. The molecule has 25 heavy (non-hydrogen) atoms. The van der Waals surface area contributed by atoms with Crippen LogP contribution in [0, 0.1) is 5.92 Å². The van der Waals surface area contributed by atoms with Crippen molar-refractivity contribution in [1.82, 2.24) is 9.97 Å². The van der Waals surface area contributed by atoms with Crippen molar-refractivity contribution in [2.75, 3.05) is 0 Å². The van der Waals surface area contributed by atoms with E-state index in [9.17, 15) is 4.79 Å². The van der Waals surface area contributed by atoms with Gasteiger partial charge in [0.15, 0.2) is 5.78 Å². The molecule has 0 bridgehead atoms. The number of aryl methyl sites for hydroxylation is 1. The van der Waals surface area contributed by atoms with Gasteiger partial charge in [-0.3, -0.25) is 14.8 Å². The highest BCUT2D eigenvalue weighted by Crippen LogP contribution is 2.19. The molecule has 3 nitrogen and oxygen atoms in total. The molecule has 0 aliphatic rings. The van der Waals surface area contributed by atoms with Crippen LogP contribution in [0.5, 0.6) is 0 Å². The first-order valence-corrected chi connectivity index (χ1v) is 9.58. The Bertz CT molecular complexity index is 647. The number of benzene rings is 1. The van der Waals surface area contributed by atoms with Gasteiger partial charge in [-0.25, -0.2) is 0 Å². The number of Topliss-reactive ketones (excluding diaryl/α,β-unsaturated/α-hetero) is 1. The van der Waals surface area contributed by atoms with Crippen molar-refractivity contribution < 1.29 is 4.79 Å². The maximum atomic E-state index is 12.2. The van der Waals surface area contributed by atoms with Gasteiger partial charge in [0.1, 0.15) is 0 Å². The van der Waals surface area contributed by atoms with Gasteiger partial charge in [0.05, 0.1) is 17.6 Å². The molecule has 0 saturated heterocycles. The summed E-state index contributed by atoms with van der Waals surface area (Å²) in [6, 6.07) is 7.74. The molecule has 0 aliphatic heterocycles. The molecule has 0 amide bonds. The summed E-state index contributed by atoms with van der Waals surface area (Å²) in [5.41, 5.74) is 3.70. The van der Waals surface area contributed by atoms with E-state index in [1.807, 2.05) is 36.7 Å². The lowest BCUT2D eigenvalue weighted by atomic mass is 9.97. The third-order valence-corrected chi connectivity index (χ3v) is 4.73. The smallest absolute Gasteiger partial charge is 0.163 e. The molecule has 0 saturated carbocycles. The number of ketones is 1. The predicted octanol–water partition coefficient (Wildman–Crippen LogP) is 5.89. The molecule has 0 aliphatic carbocycles. The van der Waals surface area contributed by atoms with Gasteiger partial charge in [-0.2, -0.15) is 0 Å². The van der Waals surface area contributed by atoms with Crippen LogP contribution < -0.4 is 0 Å². The number of aromatic nitrogens is 2. The fourth-order valence-corrected chi connectivity index (χ4v) is 2.77. The Morgan fingerprint density at radius 1 is 1.00 bits per heavy atom. The summed E-state index contributed by atoms with van der Waals surface area (Å²) in [5.74, 6) is 0.650. The normalized spacial score (nSPS) is 12.1.